The average Bonchev–Trinajstić information content (AvgIpc) is 2.56. The number of anilines is 1. The lowest BCUT2D eigenvalue weighted by molar-refractivity contribution is 0.238. The fourth-order valence-corrected chi connectivity index (χ4v) is 2.16. The van der Waals surface area contributed by atoms with Crippen LogP contribution in [0.4, 0.5) is 10.5 Å². The van der Waals surface area contributed by atoms with Crippen LogP contribution in [0.5, 0.6) is 5.88 Å². The van der Waals surface area contributed by atoms with E-state index in [1.165, 1.54) is 0 Å². The van der Waals surface area contributed by atoms with Crippen LogP contribution in [0.15, 0.2) is 48.7 Å². The third-order valence-electron chi connectivity index (χ3n) is 3.71. The van der Waals surface area contributed by atoms with Gasteiger partial charge in [-0.05, 0) is 25.0 Å². The molecule has 0 aliphatic rings. The zero-order chi connectivity index (χ0) is 16.0. The van der Waals surface area contributed by atoms with Gasteiger partial charge in [-0.2, -0.15) is 0 Å². The van der Waals surface area contributed by atoms with Crippen molar-refractivity contribution >= 4 is 11.7 Å². The Balaban J connectivity index is 2.06. The SMILES string of the molecule is CCC(C)(NC(=O)Nc1ccc(OC)nc1)c1ccccc1. The molecule has 1 atom stereocenters. The summed E-state index contributed by atoms with van der Waals surface area (Å²) in [4.78, 5) is 16.3. The number of pyridine rings is 1. The number of nitrogens with one attached hydrogen (secondary N) is 2. The Labute approximate surface area is 130 Å². The smallest absolute Gasteiger partial charge is 0.319 e. The van der Waals surface area contributed by atoms with E-state index in [0.717, 1.165) is 12.0 Å². The fraction of sp³-hybridized carbons (Fsp3) is 0.294. The highest BCUT2D eigenvalue weighted by Crippen LogP contribution is 2.24. The molecule has 0 saturated heterocycles. The van der Waals surface area contributed by atoms with Crippen molar-refractivity contribution in [1.82, 2.24) is 10.3 Å². The van der Waals surface area contributed by atoms with Crippen LogP contribution < -0.4 is 15.4 Å². The van der Waals surface area contributed by atoms with E-state index in [0.29, 0.717) is 11.6 Å². The molecule has 0 saturated carbocycles. The summed E-state index contributed by atoms with van der Waals surface area (Å²) in [5.74, 6) is 0.508. The summed E-state index contributed by atoms with van der Waals surface area (Å²) in [5, 5.41) is 5.81. The first-order valence-corrected chi connectivity index (χ1v) is 7.22. The maximum absolute atomic E-state index is 12.2. The van der Waals surface area contributed by atoms with Gasteiger partial charge in [0, 0.05) is 6.07 Å². The third kappa shape index (κ3) is 3.75. The molecule has 0 aliphatic heterocycles. The van der Waals surface area contributed by atoms with Crippen LogP contribution in [-0.4, -0.2) is 18.1 Å². The number of hydrogen-bond donors (Lipinski definition) is 2. The number of urea groups is 1. The number of hydrogen-bond acceptors (Lipinski definition) is 3. The highest BCUT2D eigenvalue weighted by atomic mass is 16.5. The molecule has 2 rings (SSSR count). The Hall–Kier alpha value is -2.56. The van der Waals surface area contributed by atoms with Crippen LogP contribution in [0.3, 0.4) is 0 Å². The van der Waals surface area contributed by atoms with Gasteiger partial charge in [-0.1, -0.05) is 37.3 Å². The summed E-state index contributed by atoms with van der Waals surface area (Å²) < 4.78 is 4.99. The first-order chi connectivity index (χ1) is 10.6. The highest BCUT2D eigenvalue weighted by Gasteiger charge is 2.26. The van der Waals surface area contributed by atoms with E-state index in [1.54, 1.807) is 25.4 Å². The number of ether oxygens (including phenoxy) is 1. The van der Waals surface area contributed by atoms with Gasteiger partial charge in [0.15, 0.2) is 0 Å². The van der Waals surface area contributed by atoms with Gasteiger partial charge in [0.05, 0.1) is 24.5 Å². The van der Waals surface area contributed by atoms with Crippen molar-refractivity contribution in [1.29, 1.82) is 0 Å². The molecule has 0 fully saturated rings. The van der Waals surface area contributed by atoms with Gasteiger partial charge >= 0.3 is 6.03 Å². The molecule has 0 radical (unpaired) electrons. The fourth-order valence-electron chi connectivity index (χ4n) is 2.16. The number of carbonyl (C=O) groups excluding carboxylic acids is 1. The molecule has 0 bridgehead atoms. The van der Waals surface area contributed by atoms with Crippen LogP contribution in [0, 0.1) is 0 Å². The maximum Gasteiger partial charge on any atom is 0.319 e. The summed E-state index contributed by atoms with van der Waals surface area (Å²) in [5.41, 5.74) is 1.26. The lowest BCUT2D eigenvalue weighted by Gasteiger charge is -2.30. The summed E-state index contributed by atoms with van der Waals surface area (Å²) >= 11 is 0. The molecule has 2 N–H and O–H groups in total. The minimum absolute atomic E-state index is 0.264. The number of nitrogens with zero attached hydrogens (tertiary/aromatic N) is 1. The Kier molecular flexibility index (Phi) is 4.99. The summed E-state index contributed by atoms with van der Waals surface area (Å²) in [7, 11) is 1.55. The number of methoxy groups -OCH3 is 1. The standard InChI is InChI=1S/C17H21N3O2/c1-4-17(2,13-8-6-5-7-9-13)20-16(21)19-14-10-11-15(22-3)18-12-14/h5-12H,4H2,1-3H3,(H2,19,20,21). The minimum Gasteiger partial charge on any atom is -0.481 e. The molecule has 1 heterocycles. The second-order valence-corrected chi connectivity index (χ2v) is 5.22. The zero-order valence-electron chi connectivity index (χ0n) is 13.1. The van der Waals surface area contributed by atoms with Crippen LogP contribution in [0.1, 0.15) is 25.8 Å². The largest absolute Gasteiger partial charge is 0.481 e. The van der Waals surface area contributed by atoms with Gasteiger partial charge < -0.3 is 15.4 Å². The molecule has 1 unspecified atom stereocenters. The van der Waals surface area contributed by atoms with Crippen molar-refractivity contribution in [3.05, 3.63) is 54.2 Å². The van der Waals surface area contributed by atoms with Crippen LogP contribution in [0.25, 0.3) is 0 Å². The van der Waals surface area contributed by atoms with E-state index < -0.39 is 5.54 Å². The van der Waals surface area contributed by atoms with Gasteiger partial charge in [-0.25, -0.2) is 9.78 Å². The Morgan fingerprint density at radius 2 is 1.95 bits per heavy atom. The van der Waals surface area contributed by atoms with Crippen LogP contribution in [0.2, 0.25) is 0 Å². The lowest BCUT2D eigenvalue weighted by Crippen LogP contribution is -2.45. The number of benzene rings is 1. The molecular weight excluding hydrogens is 278 g/mol. The first kappa shape index (κ1) is 15.8. The number of aromatic nitrogens is 1. The molecule has 1 aromatic heterocycles. The van der Waals surface area contributed by atoms with Crippen molar-refractivity contribution in [2.75, 3.05) is 12.4 Å². The predicted octanol–water partition coefficient (Wildman–Crippen LogP) is 3.54. The Bertz CT molecular complexity index is 614. The number of rotatable bonds is 5. The summed E-state index contributed by atoms with van der Waals surface area (Å²) in [6.07, 6.45) is 2.34. The molecule has 1 aromatic carbocycles. The van der Waals surface area contributed by atoms with Gasteiger partial charge in [0.25, 0.3) is 0 Å². The van der Waals surface area contributed by atoms with E-state index in [1.807, 2.05) is 44.2 Å². The van der Waals surface area contributed by atoms with E-state index in [2.05, 4.69) is 15.6 Å². The Morgan fingerprint density at radius 1 is 1.23 bits per heavy atom. The third-order valence-corrected chi connectivity index (χ3v) is 3.71. The zero-order valence-corrected chi connectivity index (χ0v) is 13.1. The highest BCUT2D eigenvalue weighted by molar-refractivity contribution is 5.89. The second kappa shape index (κ2) is 6.93. The van der Waals surface area contributed by atoms with E-state index >= 15 is 0 Å². The van der Waals surface area contributed by atoms with E-state index in [9.17, 15) is 4.79 Å². The molecule has 0 aliphatic carbocycles. The van der Waals surface area contributed by atoms with Crippen molar-refractivity contribution in [2.45, 2.75) is 25.8 Å². The van der Waals surface area contributed by atoms with Crippen molar-refractivity contribution in [3.63, 3.8) is 0 Å². The van der Waals surface area contributed by atoms with Crippen LogP contribution >= 0.6 is 0 Å². The normalized spacial score (nSPS) is 13.0. The molecule has 2 amide bonds. The maximum atomic E-state index is 12.2. The lowest BCUT2D eigenvalue weighted by atomic mass is 9.89. The predicted molar refractivity (Wildman–Crippen MR) is 87.0 cm³/mol. The summed E-state index contributed by atoms with van der Waals surface area (Å²) in [6.45, 7) is 4.05. The monoisotopic (exact) mass is 299 g/mol. The molecule has 22 heavy (non-hydrogen) atoms. The summed E-state index contributed by atoms with van der Waals surface area (Å²) in [6, 6.07) is 13.1. The molecule has 0 spiro atoms. The number of amides is 2. The second-order valence-electron chi connectivity index (χ2n) is 5.22. The molecule has 5 heteroatoms. The topological polar surface area (TPSA) is 63.2 Å². The van der Waals surface area contributed by atoms with E-state index in [-0.39, 0.29) is 6.03 Å². The Morgan fingerprint density at radius 3 is 2.50 bits per heavy atom. The molecule has 116 valence electrons. The van der Waals surface area contributed by atoms with Crippen molar-refractivity contribution in [2.24, 2.45) is 0 Å². The van der Waals surface area contributed by atoms with Gasteiger partial charge in [-0.3, -0.25) is 0 Å². The quantitative estimate of drug-likeness (QED) is 0.887. The van der Waals surface area contributed by atoms with Gasteiger partial charge in [0.1, 0.15) is 0 Å². The molecular formula is C17H21N3O2. The van der Waals surface area contributed by atoms with Crippen molar-refractivity contribution in [3.8, 4) is 5.88 Å². The van der Waals surface area contributed by atoms with Gasteiger partial charge in [0.2, 0.25) is 5.88 Å². The number of carbonyl (C=O) groups is 1. The minimum atomic E-state index is -0.425. The van der Waals surface area contributed by atoms with Crippen LogP contribution in [-0.2, 0) is 5.54 Å². The van der Waals surface area contributed by atoms with E-state index in [4.69, 9.17) is 4.74 Å². The molecule has 5 nitrogen and oxygen atoms in total. The average molecular weight is 299 g/mol. The first-order valence-electron chi connectivity index (χ1n) is 7.22. The van der Waals surface area contributed by atoms with Gasteiger partial charge in [-0.15, -0.1) is 0 Å². The van der Waals surface area contributed by atoms with Crippen molar-refractivity contribution < 1.29 is 9.53 Å². The molecule has 2 aromatic rings.